The first-order valence-corrected chi connectivity index (χ1v) is 10.7. The van der Waals surface area contributed by atoms with Crippen LogP contribution in [-0.2, 0) is 17.4 Å². The fraction of sp³-hybridized carbons (Fsp3) is 0.143. The Morgan fingerprint density at radius 1 is 1.10 bits per heavy atom. The lowest BCUT2D eigenvalue weighted by Gasteiger charge is -2.12. The molecule has 4 rings (SSSR count). The molecule has 154 valence electrons. The Morgan fingerprint density at radius 3 is 2.50 bits per heavy atom. The first-order valence-electron chi connectivity index (χ1n) is 8.97. The molecule has 0 radical (unpaired) electrons. The van der Waals surface area contributed by atoms with E-state index in [1.807, 2.05) is 12.1 Å². The van der Waals surface area contributed by atoms with Crippen LogP contribution in [0.1, 0.15) is 12.5 Å². The maximum Gasteiger partial charge on any atom is 0.416 e. The van der Waals surface area contributed by atoms with Crippen molar-refractivity contribution in [1.82, 2.24) is 14.4 Å². The van der Waals surface area contributed by atoms with Crippen molar-refractivity contribution < 1.29 is 17.7 Å². The number of halogens is 4. The number of hydrogen-bond acceptors (Lipinski definition) is 3. The van der Waals surface area contributed by atoms with Gasteiger partial charge in [-0.25, -0.2) is 9.97 Å². The Morgan fingerprint density at radius 2 is 1.83 bits per heavy atom. The summed E-state index contributed by atoms with van der Waals surface area (Å²) in [4.78, 5) is 9.23. The zero-order chi connectivity index (χ0) is 21.5. The summed E-state index contributed by atoms with van der Waals surface area (Å²) in [5.41, 5.74) is 1.71. The monoisotopic (exact) mass is 449 g/mol. The van der Waals surface area contributed by atoms with Crippen molar-refractivity contribution in [3.8, 4) is 22.5 Å². The minimum Gasteiger partial charge on any atom is -0.611 e. The number of rotatable bonds is 4. The normalized spacial score (nSPS) is 13.0. The summed E-state index contributed by atoms with van der Waals surface area (Å²) in [6.07, 6.45) is 0.0463. The molecule has 0 spiro atoms. The topological polar surface area (TPSA) is 53.2 Å². The Kier molecular flexibility index (Phi) is 5.48. The summed E-state index contributed by atoms with van der Waals surface area (Å²) >= 11 is 4.59. The quantitative estimate of drug-likeness (QED) is 0.366. The highest BCUT2D eigenvalue weighted by Crippen LogP contribution is 2.33. The van der Waals surface area contributed by atoms with Gasteiger partial charge < -0.3 is 8.95 Å². The zero-order valence-electron chi connectivity index (χ0n) is 15.7. The van der Waals surface area contributed by atoms with E-state index in [0.717, 1.165) is 23.3 Å². The molecule has 0 saturated heterocycles. The molecule has 0 saturated carbocycles. The number of pyridine rings is 2. The summed E-state index contributed by atoms with van der Waals surface area (Å²) in [7, 11) is 0. The molecule has 30 heavy (non-hydrogen) atoms. The summed E-state index contributed by atoms with van der Waals surface area (Å²) in [5, 5.41) is 0.601. The van der Waals surface area contributed by atoms with Crippen LogP contribution in [0.4, 0.5) is 13.2 Å². The van der Waals surface area contributed by atoms with E-state index >= 15 is 0 Å². The molecule has 0 aliphatic heterocycles. The molecule has 0 amide bonds. The van der Waals surface area contributed by atoms with Gasteiger partial charge in [0.15, 0.2) is 4.90 Å². The summed E-state index contributed by atoms with van der Waals surface area (Å²) < 4.78 is 53.2. The van der Waals surface area contributed by atoms with Gasteiger partial charge in [-0.1, -0.05) is 23.7 Å². The van der Waals surface area contributed by atoms with Crippen molar-refractivity contribution >= 4 is 28.4 Å². The molecular weight excluding hydrogens is 435 g/mol. The maximum atomic E-state index is 13.0. The minimum atomic E-state index is -4.46. The molecule has 0 N–H and O–H groups in total. The molecule has 4 aromatic rings. The molecule has 0 aliphatic carbocycles. The smallest absolute Gasteiger partial charge is 0.416 e. The largest absolute Gasteiger partial charge is 0.611 e. The van der Waals surface area contributed by atoms with E-state index in [1.54, 1.807) is 37.5 Å². The highest BCUT2D eigenvalue weighted by Gasteiger charge is 2.31. The van der Waals surface area contributed by atoms with Gasteiger partial charge in [0.1, 0.15) is 22.8 Å². The molecule has 0 fully saturated rings. The van der Waals surface area contributed by atoms with Crippen molar-refractivity contribution in [2.24, 2.45) is 0 Å². The predicted molar refractivity (Wildman–Crippen MR) is 111 cm³/mol. The lowest BCUT2D eigenvalue weighted by Crippen LogP contribution is -2.07. The molecule has 9 heteroatoms. The third kappa shape index (κ3) is 4.03. The van der Waals surface area contributed by atoms with Crippen molar-refractivity contribution in [2.45, 2.75) is 18.0 Å². The number of hydrogen-bond donors (Lipinski definition) is 0. The number of fused-ring (bicyclic) bond motifs is 1. The molecule has 0 bridgehead atoms. The molecule has 3 aromatic heterocycles. The molecule has 1 atom stereocenters. The van der Waals surface area contributed by atoms with Gasteiger partial charge in [0, 0.05) is 35.2 Å². The second-order valence-corrected chi connectivity index (χ2v) is 8.66. The van der Waals surface area contributed by atoms with Gasteiger partial charge in [0.25, 0.3) is 0 Å². The first kappa shape index (κ1) is 20.7. The van der Waals surface area contributed by atoms with Crippen molar-refractivity contribution in [1.29, 1.82) is 0 Å². The molecule has 4 nitrogen and oxygen atoms in total. The Labute approximate surface area is 178 Å². The number of alkyl halides is 3. The van der Waals surface area contributed by atoms with Crippen molar-refractivity contribution in [3.63, 3.8) is 0 Å². The molecule has 1 aromatic carbocycles. The number of imidazole rings is 1. The zero-order valence-corrected chi connectivity index (χ0v) is 17.2. The second kappa shape index (κ2) is 7.94. The van der Waals surface area contributed by atoms with Crippen LogP contribution in [0.5, 0.6) is 0 Å². The molecule has 0 aliphatic rings. The first-order chi connectivity index (χ1) is 14.3. The van der Waals surface area contributed by atoms with Gasteiger partial charge in [-0.2, -0.15) is 13.2 Å². The van der Waals surface area contributed by atoms with E-state index in [4.69, 9.17) is 11.6 Å². The summed E-state index contributed by atoms with van der Waals surface area (Å²) in [5.74, 6) is 0.365. The van der Waals surface area contributed by atoms with Gasteiger partial charge in [-0.15, -0.1) is 0 Å². The van der Waals surface area contributed by atoms with E-state index < -0.39 is 22.9 Å². The Balaban J connectivity index is 1.82. The van der Waals surface area contributed by atoms with E-state index in [0.29, 0.717) is 27.1 Å². The van der Waals surface area contributed by atoms with E-state index in [2.05, 4.69) is 9.97 Å². The van der Waals surface area contributed by atoms with Gasteiger partial charge >= 0.3 is 6.18 Å². The molecule has 3 heterocycles. The summed E-state index contributed by atoms with van der Waals surface area (Å²) in [6.45, 7) is 1.79. The lowest BCUT2D eigenvalue weighted by molar-refractivity contribution is -0.137. The minimum absolute atomic E-state index is 0.136. The van der Waals surface area contributed by atoms with Gasteiger partial charge in [0.05, 0.1) is 5.56 Å². The van der Waals surface area contributed by atoms with Crippen LogP contribution in [0.15, 0.2) is 66.0 Å². The van der Waals surface area contributed by atoms with Crippen LogP contribution in [0.2, 0.25) is 5.02 Å². The standard InChI is InChI=1S/C21H15ClF3N3OS/c1-2-30(29)18-9-14(13-3-5-16(22)6-4-13)11-26-20(18)17-12-28-8-7-15(21(23,24)25)10-19(28)27-17/h3-12H,2H2,1H3. The van der Waals surface area contributed by atoms with Crippen LogP contribution in [0.25, 0.3) is 28.2 Å². The SMILES string of the molecule is CC[S+]([O-])c1cc(-c2ccc(Cl)cc2)cnc1-c1cn2ccc(C(F)(F)F)cc2n1. The van der Waals surface area contributed by atoms with Crippen LogP contribution in [0, 0.1) is 0 Å². The van der Waals surface area contributed by atoms with Crippen LogP contribution in [0.3, 0.4) is 0 Å². The van der Waals surface area contributed by atoms with Gasteiger partial charge in [0.2, 0.25) is 0 Å². The predicted octanol–water partition coefficient (Wildman–Crippen LogP) is 5.86. The van der Waals surface area contributed by atoms with E-state index in [-0.39, 0.29) is 5.65 Å². The average molecular weight is 450 g/mol. The van der Waals surface area contributed by atoms with Crippen molar-refractivity contribution in [2.75, 3.05) is 5.75 Å². The van der Waals surface area contributed by atoms with Crippen LogP contribution in [-0.4, -0.2) is 24.7 Å². The molecule has 1 unspecified atom stereocenters. The number of benzene rings is 1. The lowest BCUT2D eigenvalue weighted by atomic mass is 10.1. The summed E-state index contributed by atoms with van der Waals surface area (Å²) in [6, 6.07) is 10.9. The molecular formula is C21H15ClF3N3OS. The third-order valence-corrected chi connectivity index (χ3v) is 6.15. The second-order valence-electron chi connectivity index (χ2n) is 6.52. The van der Waals surface area contributed by atoms with Crippen LogP contribution >= 0.6 is 11.6 Å². The van der Waals surface area contributed by atoms with E-state index in [1.165, 1.54) is 10.6 Å². The fourth-order valence-electron chi connectivity index (χ4n) is 3.04. The highest BCUT2D eigenvalue weighted by atomic mass is 35.5. The van der Waals surface area contributed by atoms with Crippen molar-refractivity contribution in [3.05, 3.63) is 71.6 Å². The number of aromatic nitrogens is 3. The number of nitrogens with zero attached hydrogens (tertiary/aromatic N) is 3. The fourth-order valence-corrected chi connectivity index (χ4v) is 4.11. The van der Waals surface area contributed by atoms with E-state index in [9.17, 15) is 17.7 Å². The third-order valence-electron chi connectivity index (χ3n) is 4.57. The van der Waals surface area contributed by atoms with Gasteiger partial charge in [-0.3, -0.25) is 0 Å². The highest BCUT2D eigenvalue weighted by molar-refractivity contribution is 7.91. The van der Waals surface area contributed by atoms with Gasteiger partial charge in [-0.05, 0) is 47.9 Å². The Hall–Kier alpha value is -2.55. The van der Waals surface area contributed by atoms with Crippen LogP contribution < -0.4 is 0 Å². The average Bonchev–Trinajstić information content (AvgIpc) is 3.16. The Bertz CT molecular complexity index is 1210. The maximum absolute atomic E-state index is 13.0.